The molecule has 0 amide bonds. The average Bonchev–Trinajstić information content (AvgIpc) is 2.28. The van der Waals surface area contributed by atoms with Crippen LogP contribution in [0.5, 0.6) is 5.75 Å². The van der Waals surface area contributed by atoms with Crippen molar-refractivity contribution in [3.63, 3.8) is 0 Å². The van der Waals surface area contributed by atoms with Crippen molar-refractivity contribution in [3.8, 4) is 5.75 Å². The lowest BCUT2D eigenvalue weighted by Gasteiger charge is -2.25. The molecule has 0 fully saturated rings. The van der Waals surface area contributed by atoms with Crippen molar-refractivity contribution >= 4 is 29.7 Å². The lowest BCUT2D eigenvalue weighted by Crippen LogP contribution is -2.33. The van der Waals surface area contributed by atoms with Crippen LogP contribution in [0.3, 0.4) is 0 Å². The number of benzene rings is 1. The summed E-state index contributed by atoms with van der Waals surface area (Å²) in [4.78, 5) is 2.18. The van der Waals surface area contributed by atoms with Gasteiger partial charge in [-0.3, -0.25) is 0 Å². The quantitative estimate of drug-likeness (QED) is 0.813. The van der Waals surface area contributed by atoms with Gasteiger partial charge in [-0.15, -0.1) is 24.0 Å². The molecular weight excluding hydrogens is 259 g/mol. The number of hydrogen-bond acceptors (Lipinski definition) is 3. The Labute approximate surface area is 114 Å². The molecule has 0 aliphatic heterocycles. The van der Waals surface area contributed by atoms with E-state index >= 15 is 0 Å². The van der Waals surface area contributed by atoms with E-state index in [-0.39, 0.29) is 17.8 Å². The van der Waals surface area contributed by atoms with E-state index < -0.39 is 0 Å². The zero-order valence-electron chi connectivity index (χ0n) is 10.2. The number of nitrogens with zero attached hydrogens (tertiary/aromatic N) is 1. The predicted octanol–water partition coefficient (Wildman–Crippen LogP) is 2.51. The summed E-state index contributed by atoms with van der Waals surface area (Å²) in [6.45, 7) is 4.21. The van der Waals surface area contributed by atoms with Crippen LogP contribution >= 0.6 is 24.0 Å². The third kappa shape index (κ3) is 5.48. The van der Waals surface area contributed by atoms with Gasteiger partial charge in [0.2, 0.25) is 0 Å². The first-order valence-electron chi connectivity index (χ1n) is 5.40. The molecule has 0 saturated heterocycles. The molecule has 1 unspecified atom stereocenters. The molecule has 17 heavy (non-hydrogen) atoms. The molecule has 3 nitrogen and oxygen atoms in total. The molecule has 0 bridgehead atoms. The van der Waals surface area contributed by atoms with Crippen molar-refractivity contribution in [2.24, 2.45) is 5.73 Å². The van der Waals surface area contributed by atoms with Crippen molar-refractivity contribution in [2.45, 2.75) is 12.3 Å². The molecule has 0 spiro atoms. The van der Waals surface area contributed by atoms with Crippen LogP contribution in [-0.2, 0) is 0 Å². The molecule has 0 aliphatic carbocycles. The third-order valence-corrected chi connectivity index (χ3v) is 2.45. The van der Waals surface area contributed by atoms with Gasteiger partial charge in [0.05, 0.1) is 7.11 Å². The van der Waals surface area contributed by atoms with Crippen molar-refractivity contribution < 1.29 is 4.74 Å². The fourth-order valence-electron chi connectivity index (χ4n) is 1.58. The second kappa shape index (κ2) is 8.45. The fraction of sp³-hybridized carbons (Fsp3) is 0.500. The number of alkyl halides is 1. The Morgan fingerprint density at radius 3 is 2.35 bits per heavy atom. The largest absolute Gasteiger partial charge is 0.497 e. The standard InChI is InChI=1S/C12H19ClN2O.ClH/c1-10(13)9-15(8-7-14)11-3-5-12(16-2)6-4-11;/h3-6,10H,7-9,14H2,1-2H3;1H. The number of ether oxygens (including phenoxy) is 1. The Bertz CT molecular complexity index is 304. The predicted molar refractivity (Wildman–Crippen MR) is 76.8 cm³/mol. The Hall–Kier alpha value is -0.640. The molecule has 1 aromatic carbocycles. The Morgan fingerprint density at radius 1 is 1.35 bits per heavy atom. The van der Waals surface area contributed by atoms with Crippen LogP contribution in [0, 0.1) is 0 Å². The van der Waals surface area contributed by atoms with Gasteiger partial charge in [-0.25, -0.2) is 0 Å². The first-order chi connectivity index (χ1) is 7.67. The monoisotopic (exact) mass is 278 g/mol. The van der Waals surface area contributed by atoms with Gasteiger partial charge >= 0.3 is 0 Å². The van der Waals surface area contributed by atoms with E-state index in [9.17, 15) is 0 Å². The minimum atomic E-state index is 0. The topological polar surface area (TPSA) is 38.5 Å². The van der Waals surface area contributed by atoms with E-state index in [1.165, 1.54) is 0 Å². The van der Waals surface area contributed by atoms with E-state index in [4.69, 9.17) is 22.1 Å². The van der Waals surface area contributed by atoms with Gasteiger partial charge in [0.1, 0.15) is 5.75 Å². The molecule has 2 N–H and O–H groups in total. The summed E-state index contributed by atoms with van der Waals surface area (Å²) >= 11 is 6.01. The van der Waals surface area contributed by atoms with Crippen molar-refractivity contribution in [2.75, 3.05) is 31.6 Å². The Kier molecular flexibility index (Phi) is 8.13. The summed E-state index contributed by atoms with van der Waals surface area (Å²) in [5.74, 6) is 0.857. The van der Waals surface area contributed by atoms with Gasteiger partial charge in [0, 0.05) is 30.7 Å². The smallest absolute Gasteiger partial charge is 0.119 e. The first-order valence-corrected chi connectivity index (χ1v) is 5.84. The van der Waals surface area contributed by atoms with E-state index in [2.05, 4.69) is 4.90 Å². The Morgan fingerprint density at radius 2 is 1.94 bits per heavy atom. The SMILES string of the molecule is COc1ccc(N(CCN)CC(C)Cl)cc1.Cl. The lowest BCUT2D eigenvalue weighted by molar-refractivity contribution is 0.415. The van der Waals surface area contributed by atoms with Crippen molar-refractivity contribution in [3.05, 3.63) is 24.3 Å². The maximum absolute atomic E-state index is 6.01. The maximum atomic E-state index is 6.01. The highest BCUT2D eigenvalue weighted by molar-refractivity contribution is 6.20. The normalized spacial score (nSPS) is 11.5. The van der Waals surface area contributed by atoms with Crippen molar-refractivity contribution in [1.29, 1.82) is 0 Å². The zero-order chi connectivity index (χ0) is 12.0. The van der Waals surface area contributed by atoms with E-state index in [0.29, 0.717) is 6.54 Å². The molecule has 0 aliphatic rings. The highest BCUT2D eigenvalue weighted by Gasteiger charge is 2.08. The number of rotatable bonds is 6. The zero-order valence-corrected chi connectivity index (χ0v) is 11.8. The van der Waals surface area contributed by atoms with Gasteiger partial charge in [0.25, 0.3) is 0 Å². The van der Waals surface area contributed by atoms with Crippen LogP contribution in [0.4, 0.5) is 5.69 Å². The summed E-state index contributed by atoms with van der Waals surface area (Å²) < 4.78 is 5.12. The van der Waals surface area contributed by atoms with Crippen LogP contribution in [0.2, 0.25) is 0 Å². The summed E-state index contributed by atoms with van der Waals surface area (Å²) in [5, 5.41) is 0.105. The maximum Gasteiger partial charge on any atom is 0.119 e. The van der Waals surface area contributed by atoms with E-state index in [0.717, 1.165) is 24.5 Å². The van der Waals surface area contributed by atoms with E-state index in [1.807, 2.05) is 31.2 Å². The Balaban J connectivity index is 0.00000256. The fourth-order valence-corrected chi connectivity index (χ4v) is 1.74. The molecule has 1 rings (SSSR count). The molecule has 1 atom stereocenters. The van der Waals surface area contributed by atoms with Gasteiger partial charge < -0.3 is 15.4 Å². The molecular formula is C12H20Cl2N2O. The molecule has 5 heteroatoms. The minimum absolute atomic E-state index is 0. The van der Waals surface area contributed by atoms with Gasteiger partial charge in [-0.1, -0.05) is 0 Å². The molecule has 0 saturated carbocycles. The molecule has 1 aromatic rings. The van der Waals surface area contributed by atoms with Gasteiger partial charge in [-0.2, -0.15) is 0 Å². The number of halogens is 2. The van der Waals surface area contributed by atoms with Crippen LogP contribution < -0.4 is 15.4 Å². The molecule has 0 aromatic heterocycles. The van der Waals surface area contributed by atoms with Gasteiger partial charge in [0.15, 0.2) is 0 Å². The molecule has 98 valence electrons. The molecule has 0 heterocycles. The second-order valence-corrected chi connectivity index (χ2v) is 4.46. The summed E-state index contributed by atoms with van der Waals surface area (Å²) in [6, 6.07) is 7.93. The number of anilines is 1. The number of hydrogen-bond donors (Lipinski definition) is 1. The average molecular weight is 279 g/mol. The van der Waals surface area contributed by atoms with Crippen LogP contribution in [0.15, 0.2) is 24.3 Å². The minimum Gasteiger partial charge on any atom is -0.497 e. The highest BCUT2D eigenvalue weighted by atomic mass is 35.5. The second-order valence-electron chi connectivity index (χ2n) is 3.71. The van der Waals surface area contributed by atoms with Crippen LogP contribution in [0.1, 0.15) is 6.92 Å². The summed E-state index contributed by atoms with van der Waals surface area (Å²) in [5.41, 5.74) is 6.71. The third-order valence-electron chi connectivity index (χ3n) is 2.31. The summed E-state index contributed by atoms with van der Waals surface area (Å²) in [6.07, 6.45) is 0. The van der Waals surface area contributed by atoms with Gasteiger partial charge in [-0.05, 0) is 31.2 Å². The first kappa shape index (κ1) is 16.4. The highest BCUT2D eigenvalue weighted by Crippen LogP contribution is 2.19. The number of nitrogens with two attached hydrogens (primary N) is 1. The van der Waals surface area contributed by atoms with E-state index in [1.54, 1.807) is 7.11 Å². The summed E-state index contributed by atoms with van der Waals surface area (Å²) in [7, 11) is 1.66. The van der Waals surface area contributed by atoms with Crippen LogP contribution in [0.25, 0.3) is 0 Å². The van der Waals surface area contributed by atoms with Crippen molar-refractivity contribution in [1.82, 2.24) is 0 Å². The lowest BCUT2D eigenvalue weighted by atomic mass is 10.2. The van der Waals surface area contributed by atoms with Crippen LogP contribution in [-0.4, -0.2) is 32.1 Å². The molecule has 0 radical (unpaired) electrons. The number of methoxy groups -OCH3 is 1.